The van der Waals surface area contributed by atoms with Crippen molar-refractivity contribution in [3.63, 3.8) is 0 Å². The lowest BCUT2D eigenvalue weighted by atomic mass is 9.47. The summed E-state index contributed by atoms with van der Waals surface area (Å²) in [6.07, 6.45) is 12.1. The van der Waals surface area contributed by atoms with E-state index in [1.807, 2.05) is 0 Å². The van der Waals surface area contributed by atoms with Crippen LogP contribution in [0.3, 0.4) is 0 Å². The highest BCUT2D eigenvalue weighted by atomic mass is 16.7. The van der Waals surface area contributed by atoms with E-state index in [9.17, 15) is 15.3 Å². The smallest absolute Gasteiger partial charge is 0.186 e. The van der Waals surface area contributed by atoms with E-state index in [1.54, 1.807) is 18.1 Å². The van der Waals surface area contributed by atoms with Crippen LogP contribution in [0.5, 0.6) is 0 Å². The molecule has 0 amide bonds. The van der Waals surface area contributed by atoms with Crippen molar-refractivity contribution in [3.05, 3.63) is 23.3 Å². The van der Waals surface area contributed by atoms with Gasteiger partial charge in [0.05, 0.1) is 12.2 Å². The van der Waals surface area contributed by atoms with E-state index in [0.29, 0.717) is 11.3 Å². The summed E-state index contributed by atoms with van der Waals surface area (Å²) in [4.78, 5) is 0. The third-order valence-corrected chi connectivity index (χ3v) is 13.0. The Bertz CT molecular complexity index is 957. The molecule has 1 aliphatic heterocycles. The minimum atomic E-state index is -1.24. The first-order chi connectivity index (χ1) is 18.9. The molecule has 1 saturated heterocycles. The minimum Gasteiger partial charge on any atom is -0.388 e. The largest absolute Gasteiger partial charge is 0.388 e. The number of allylic oxidation sites excluding steroid dienone is 3. The Labute approximate surface area is 243 Å². The summed E-state index contributed by atoms with van der Waals surface area (Å²) in [7, 11) is 0. The molecule has 3 N–H and O–H groups in total. The van der Waals surface area contributed by atoms with Gasteiger partial charge in [0.25, 0.3) is 0 Å². The summed E-state index contributed by atoms with van der Waals surface area (Å²) in [5, 5.41) is 30.8. The Morgan fingerprint density at radius 1 is 1.02 bits per heavy atom. The number of hydrogen-bond acceptors (Lipinski definition) is 5. The van der Waals surface area contributed by atoms with Crippen molar-refractivity contribution in [1.82, 2.24) is 0 Å². The zero-order valence-electron chi connectivity index (χ0n) is 26.3. The van der Waals surface area contributed by atoms with Crippen LogP contribution in [0, 0.1) is 46.3 Å². The molecule has 0 radical (unpaired) electrons. The maximum Gasteiger partial charge on any atom is 0.186 e. The standard InChI is InChI=1S/C35H58O5/c1-8-23(20(2)3)10-9-21(4)27-13-14-28-26-12-11-24-19-25(40-33-32(38)31(37)30(36)22(5)39-33)15-17-34(24,6)29(26)16-18-35(27,28)7/h8,11,20-22,25-33,36-38H,9-10,12-19H2,1-7H3. The van der Waals surface area contributed by atoms with Gasteiger partial charge in [0.15, 0.2) is 6.29 Å². The fourth-order valence-electron chi connectivity index (χ4n) is 10.4. The Balaban J connectivity index is 1.24. The average molecular weight is 559 g/mol. The summed E-state index contributed by atoms with van der Waals surface area (Å²) >= 11 is 0. The van der Waals surface area contributed by atoms with Crippen molar-refractivity contribution < 1.29 is 24.8 Å². The topological polar surface area (TPSA) is 79.2 Å². The van der Waals surface area contributed by atoms with Crippen molar-refractivity contribution in [1.29, 1.82) is 0 Å². The second-order valence-electron chi connectivity index (χ2n) is 15.2. The lowest BCUT2D eigenvalue weighted by Gasteiger charge is -2.58. The quantitative estimate of drug-likeness (QED) is 0.300. The van der Waals surface area contributed by atoms with E-state index >= 15 is 0 Å². The highest BCUT2D eigenvalue weighted by molar-refractivity contribution is 5.25. The van der Waals surface area contributed by atoms with Crippen LogP contribution in [0.25, 0.3) is 0 Å². The van der Waals surface area contributed by atoms with Gasteiger partial charge in [-0.25, -0.2) is 0 Å². The molecule has 40 heavy (non-hydrogen) atoms. The Morgan fingerprint density at radius 2 is 1.77 bits per heavy atom. The van der Waals surface area contributed by atoms with Gasteiger partial charge in [0, 0.05) is 0 Å². The van der Waals surface area contributed by atoms with Crippen LogP contribution in [0.4, 0.5) is 0 Å². The molecule has 0 aromatic rings. The molecule has 5 heteroatoms. The summed E-state index contributed by atoms with van der Waals surface area (Å²) in [5.41, 5.74) is 3.89. The van der Waals surface area contributed by atoms with Crippen molar-refractivity contribution in [3.8, 4) is 0 Å². The van der Waals surface area contributed by atoms with Crippen LogP contribution in [-0.4, -0.2) is 52.1 Å². The van der Waals surface area contributed by atoms with Crippen molar-refractivity contribution in [2.45, 2.75) is 149 Å². The van der Waals surface area contributed by atoms with E-state index in [4.69, 9.17) is 9.47 Å². The lowest BCUT2D eigenvalue weighted by Crippen LogP contribution is -2.58. The Kier molecular flexibility index (Phi) is 9.03. The maximum atomic E-state index is 10.5. The molecule has 4 fully saturated rings. The second-order valence-corrected chi connectivity index (χ2v) is 15.2. The van der Waals surface area contributed by atoms with Crippen LogP contribution in [0.15, 0.2) is 23.3 Å². The summed E-state index contributed by atoms with van der Waals surface area (Å²) in [6.45, 7) is 16.3. The second kappa shape index (κ2) is 11.8. The van der Waals surface area contributed by atoms with Gasteiger partial charge in [0.1, 0.15) is 18.3 Å². The summed E-state index contributed by atoms with van der Waals surface area (Å²) < 4.78 is 12.0. The van der Waals surface area contributed by atoms with Crippen molar-refractivity contribution in [2.75, 3.05) is 0 Å². The third-order valence-electron chi connectivity index (χ3n) is 13.0. The molecule has 1 heterocycles. The molecule has 4 aliphatic carbocycles. The van der Waals surface area contributed by atoms with Crippen molar-refractivity contribution >= 4 is 0 Å². The first kappa shape index (κ1) is 30.7. The molecule has 13 unspecified atom stereocenters. The van der Waals surface area contributed by atoms with Gasteiger partial charge >= 0.3 is 0 Å². The number of aliphatic hydroxyl groups excluding tert-OH is 3. The van der Waals surface area contributed by atoms with E-state index in [2.05, 4.69) is 53.7 Å². The SMILES string of the molecule is CC=C(CCC(C)C1CCC2C3CC=C4CC(OC5OC(C)C(O)C(O)C5O)CCC4(C)C3CCC12C)C(C)C. The molecule has 0 bridgehead atoms. The highest BCUT2D eigenvalue weighted by Crippen LogP contribution is 2.67. The van der Waals surface area contributed by atoms with Gasteiger partial charge in [-0.1, -0.05) is 57.9 Å². The molecule has 0 aromatic carbocycles. The fraction of sp³-hybridized carbons (Fsp3) is 0.886. The molecular weight excluding hydrogens is 500 g/mol. The molecule has 0 aromatic heterocycles. The van der Waals surface area contributed by atoms with Gasteiger partial charge < -0.3 is 24.8 Å². The molecular formula is C35H58O5. The fourth-order valence-corrected chi connectivity index (χ4v) is 10.4. The van der Waals surface area contributed by atoms with Gasteiger partial charge in [-0.3, -0.25) is 0 Å². The van der Waals surface area contributed by atoms with Gasteiger partial charge in [-0.15, -0.1) is 0 Å². The normalized spacial score (nSPS) is 48.3. The first-order valence-corrected chi connectivity index (χ1v) is 16.6. The molecule has 13 atom stereocenters. The van der Waals surface area contributed by atoms with E-state index in [0.717, 1.165) is 48.9 Å². The monoisotopic (exact) mass is 558 g/mol. The molecule has 228 valence electrons. The number of aliphatic hydroxyl groups is 3. The zero-order valence-corrected chi connectivity index (χ0v) is 26.3. The predicted molar refractivity (Wildman–Crippen MR) is 159 cm³/mol. The third kappa shape index (κ3) is 5.29. The predicted octanol–water partition coefficient (Wildman–Crippen LogP) is 6.80. The van der Waals surface area contributed by atoms with E-state index in [1.165, 1.54) is 44.9 Å². The Hall–Kier alpha value is -0.720. The molecule has 3 saturated carbocycles. The van der Waals surface area contributed by atoms with Crippen LogP contribution >= 0.6 is 0 Å². The number of rotatable bonds is 7. The van der Waals surface area contributed by atoms with E-state index in [-0.39, 0.29) is 11.5 Å². The number of fused-ring (bicyclic) bond motifs is 5. The highest BCUT2D eigenvalue weighted by Gasteiger charge is 2.59. The number of ether oxygens (including phenoxy) is 2. The van der Waals surface area contributed by atoms with Crippen LogP contribution in [0.2, 0.25) is 0 Å². The first-order valence-electron chi connectivity index (χ1n) is 16.6. The average Bonchev–Trinajstić information content (AvgIpc) is 3.28. The molecule has 5 aliphatic rings. The Morgan fingerprint density at radius 3 is 2.48 bits per heavy atom. The van der Waals surface area contributed by atoms with Gasteiger partial charge in [0.2, 0.25) is 0 Å². The maximum absolute atomic E-state index is 10.5. The minimum absolute atomic E-state index is 0.0244. The van der Waals surface area contributed by atoms with Crippen molar-refractivity contribution in [2.24, 2.45) is 46.3 Å². The lowest BCUT2D eigenvalue weighted by molar-refractivity contribution is -0.305. The summed E-state index contributed by atoms with van der Waals surface area (Å²) in [5.74, 6) is 4.69. The van der Waals surface area contributed by atoms with Gasteiger partial charge in [-0.2, -0.15) is 0 Å². The zero-order chi connectivity index (χ0) is 29.0. The summed E-state index contributed by atoms with van der Waals surface area (Å²) in [6, 6.07) is 0. The van der Waals surface area contributed by atoms with Crippen LogP contribution in [-0.2, 0) is 9.47 Å². The van der Waals surface area contributed by atoms with Crippen LogP contribution in [0.1, 0.15) is 113 Å². The molecule has 0 spiro atoms. The van der Waals surface area contributed by atoms with Crippen LogP contribution < -0.4 is 0 Å². The number of hydrogen-bond donors (Lipinski definition) is 3. The molecule has 5 nitrogen and oxygen atoms in total. The van der Waals surface area contributed by atoms with Gasteiger partial charge in [-0.05, 0) is 124 Å². The molecule has 5 rings (SSSR count). The van der Waals surface area contributed by atoms with E-state index < -0.39 is 30.7 Å².